The zero-order valence-electron chi connectivity index (χ0n) is 18.2. The van der Waals surface area contributed by atoms with Gasteiger partial charge in [0.05, 0.1) is 18.7 Å². The molecule has 4 rings (SSSR count). The molecule has 2 heterocycles. The van der Waals surface area contributed by atoms with Crippen molar-refractivity contribution in [1.29, 1.82) is 0 Å². The zero-order chi connectivity index (χ0) is 24.1. The molecule has 2 aromatic carbocycles. The fourth-order valence-electron chi connectivity index (χ4n) is 3.10. The smallest absolute Gasteiger partial charge is 0.491 e. The fraction of sp³-hybridized carbons (Fsp3) is 0.273. The Bertz CT molecular complexity index is 1260. The van der Waals surface area contributed by atoms with Crippen molar-refractivity contribution in [1.82, 2.24) is 24.9 Å². The molecule has 4 aromatic rings. The molecule has 0 aliphatic carbocycles. The molecule has 9 nitrogen and oxygen atoms in total. The van der Waals surface area contributed by atoms with Crippen molar-refractivity contribution in [2.24, 2.45) is 0 Å². The van der Waals surface area contributed by atoms with Gasteiger partial charge in [0.2, 0.25) is 11.6 Å². The topological polar surface area (TPSA) is 97.3 Å². The summed E-state index contributed by atoms with van der Waals surface area (Å²) in [7, 11) is 1.60. The summed E-state index contributed by atoms with van der Waals surface area (Å²) >= 11 is 0. The zero-order valence-corrected chi connectivity index (χ0v) is 18.2. The van der Waals surface area contributed by atoms with Gasteiger partial charge >= 0.3 is 6.36 Å². The summed E-state index contributed by atoms with van der Waals surface area (Å²) in [6, 6.07) is 13.0. The van der Waals surface area contributed by atoms with Crippen molar-refractivity contribution in [3.8, 4) is 34.6 Å². The van der Waals surface area contributed by atoms with E-state index >= 15 is 0 Å². The maximum Gasteiger partial charge on any atom is 0.573 e. The summed E-state index contributed by atoms with van der Waals surface area (Å²) in [6.07, 6.45) is -4.85. The van der Waals surface area contributed by atoms with E-state index in [1.165, 1.54) is 18.2 Å². The highest BCUT2D eigenvalue weighted by atomic mass is 19.4. The van der Waals surface area contributed by atoms with Crippen LogP contribution in [0.4, 0.5) is 13.2 Å². The maximum absolute atomic E-state index is 12.7. The average molecular weight is 475 g/mol. The monoisotopic (exact) mass is 475 g/mol. The van der Waals surface area contributed by atoms with E-state index in [1.807, 2.05) is 24.3 Å². The quantitative estimate of drug-likeness (QED) is 0.331. The van der Waals surface area contributed by atoms with E-state index in [-0.39, 0.29) is 23.1 Å². The van der Waals surface area contributed by atoms with E-state index in [1.54, 1.807) is 24.8 Å². The molecule has 0 saturated heterocycles. The summed E-state index contributed by atoms with van der Waals surface area (Å²) in [5, 5.41) is 8.18. The Balaban J connectivity index is 1.53. The van der Waals surface area contributed by atoms with E-state index in [0.717, 1.165) is 5.56 Å². The fourth-order valence-corrected chi connectivity index (χ4v) is 3.10. The van der Waals surface area contributed by atoms with Crippen LogP contribution in [0.15, 0.2) is 53.1 Å². The van der Waals surface area contributed by atoms with E-state index in [2.05, 4.69) is 25.0 Å². The first-order valence-corrected chi connectivity index (χ1v) is 10.1. The molecular weight excluding hydrogens is 455 g/mol. The molecule has 0 atom stereocenters. The second kappa shape index (κ2) is 9.91. The minimum atomic E-state index is -4.85. The SMILES string of the molecule is COCCOc1cccc(Cn2nc(-c3nc(-c4ccccc4OC(F)(F)F)no3)nc2C)c1. The molecule has 0 N–H and O–H groups in total. The van der Waals surface area contributed by atoms with Gasteiger partial charge in [0.15, 0.2) is 0 Å². The lowest BCUT2D eigenvalue weighted by Crippen LogP contribution is -2.17. The lowest BCUT2D eigenvalue weighted by molar-refractivity contribution is -0.274. The predicted molar refractivity (Wildman–Crippen MR) is 113 cm³/mol. The third kappa shape index (κ3) is 5.70. The van der Waals surface area contributed by atoms with Gasteiger partial charge < -0.3 is 18.7 Å². The highest BCUT2D eigenvalue weighted by Crippen LogP contribution is 2.32. The number of nitrogens with zero attached hydrogens (tertiary/aromatic N) is 5. The van der Waals surface area contributed by atoms with Crippen LogP contribution in [-0.2, 0) is 11.3 Å². The number of aryl methyl sites for hydroxylation is 1. The van der Waals surface area contributed by atoms with E-state index in [0.29, 0.717) is 31.3 Å². The van der Waals surface area contributed by atoms with Crippen LogP contribution in [-0.4, -0.2) is 51.6 Å². The number of hydrogen-bond acceptors (Lipinski definition) is 8. The Morgan fingerprint density at radius 1 is 1.00 bits per heavy atom. The minimum Gasteiger partial charge on any atom is -0.491 e. The number of benzene rings is 2. The molecule has 0 radical (unpaired) electrons. The van der Waals surface area contributed by atoms with Gasteiger partial charge in [-0.2, -0.15) is 4.98 Å². The summed E-state index contributed by atoms with van der Waals surface area (Å²) in [4.78, 5) is 8.51. The molecule has 0 aliphatic rings. The van der Waals surface area contributed by atoms with Crippen LogP contribution in [0.1, 0.15) is 11.4 Å². The Kier molecular flexibility index (Phi) is 6.77. The van der Waals surface area contributed by atoms with E-state index in [9.17, 15) is 13.2 Å². The Morgan fingerprint density at radius 3 is 2.62 bits per heavy atom. The van der Waals surface area contributed by atoms with Gasteiger partial charge in [-0.15, -0.1) is 18.3 Å². The highest BCUT2D eigenvalue weighted by molar-refractivity contribution is 5.64. The second-order valence-corrected chi connectivity index (χ2v) is 7.10. The number of halogens is 3. The first-order chi connectivity index (χ1) is 16.3. The summed E-state index contributed by atoms with van der Waals surface area (Å²) < 4.78 is 59.7. The Morgan fingerprint density at radius 2 is 1.82 bits per heavy atom. The molecule has 0 aliphatic heterocycles. The number of ether oxygens (including phenoxy) is 3. The molecule has 12 heteroatoms. The maximum atomic E-state index is 12.7. The summed E-state index contributed by atoms with van der Waals surface area (Å²) in [5.74, 6) is 0.887. The number of hydrogen-bond donors (Lipinski definition) is 0. The molecule has 34 heavy (non-hydrogen) atoms. The Labute approximate surface area is 192 Å². The van der Waals surface area contributed by atoms with Gasteiger partial charge in [-0.1, -0.05) is 29.4 Å². The largest absolute Gasteiger partial charge is 0.573 e. The molecule has 0 amide bonds. The van der Waals surface area contributed by atoms with Crippen molar-refractivity contribution in [3.05, 3.63) is 59.9 Å². The van der Waals surface area contributed by atoms with Gasteiger partial charge in [0.25, 0.3) is 5.89 Å². The van der Waals surface area contributed by atoms with Gasteiger partial charge in [0, 0.05) is 7.11 Å². The third-order valence-electron chi connectivity index (χ3n) is 4.61. The molecule has 0 unspecified atom stereocenters. The molecule has 0 spiro atoms. The lowest BCUT2D eigenvalue weighted by atomic mass is 10.2. The van der Waals surface area contributed by atoms with Crippen LogP contribution in [0.25, 0.3) is 23.1 Å². The first kappa shape index (κ1) is 23.2. The molecule has 2 aromatic heterocycles. The van der Waals surface area contributed by atoms with Gasteiger partial charge in [-0.05, 0) is 36.8 Å². The normalized spacial score (nSPS) is 11.6. The number of alkyl halides is 3. The Hall–Kier alpha value is -3.93. The predicted octanol–water partition coefficient (Wildman–Crippen LogP) is 4.28. The van der Waals surface area contributed by atoms with E-state index in [4.69, 9.17) is 14.0 Å². The van der Waals surface area contributed by atoms with Crippen molar-refractivity contribution in [2.45, 2.75) is 19.8 Å². The van der Waals surface area contributed by atoms with Gasteiger partial charge in [-0.25, -0.2) is 9.67 Å². The minimum absolute atomic E-state index is 0.0243. The number of aromatic nitrogens is 5. The van der Waals surface area contributed by atoms with Gasteiger partial charge in [0.1, 0.15) is 23.9 Å². The number of rotatable bonds is 9. The molecule has 178 valence electrons. The average Bonchev–Trinajstić information content (AvgIpc) is 3.41. The lowest BCUT2D eigenvalue weighted by Gasteiger charge is -2.10. The van der Waals surface area contributed by atoms with Crippen molar-refractivity contribution >= 4 is 0 Å². The van der Waals surface area contributed by atoms with E-state index < -0.39 is 12.1 Å². The van der Waals surface area contributed by atoms with Crippen LogP contribution in [0.2, 0.25) is 0 Å². The molecule has 0 bridgehead atoms. The first-order valence-electron chi connectivity index (χ1n) is 10.1. The van der Waals surface area contributed by atoms with Crippen LogP contribution in [0, 0.1) is 6.92 Å². The third-order valence-corrected chi connectivity index (χ3v) is 4.61. The van der Waals surface area contributed by atoms with Crippen molar-refractivity contribution < 1.29 is 31.9 Å². The van der Waals surface area contributed by atoms with Gasteiger partial charge in [-0.3, -0.25) is 0 Å². The standard InChI is InChI=1S/C22H20F3N5O4/c1-14-26-20(28-30(14)13-15-6-5-7-16(12-15)32-11-10-31-2)21-27-19(29-34-21)17-8-3-4-9-18(17)33-22(23,24)25/h3-9,12H,10-11,13H2,1-2H3. The van der Waals surface area contributed by atoms with Crippen LogP contribution >= 0.6 is 0 Å². The van der Waals surface area contributed by atoms with Crippen LogP contribution < -0.4 is 9.47 Å². The van der Waals surface area contributed by atoms with Crippen molar-refractivity contribution in [3.63, 3.8) is 0 Å². The number of para-hydroxylation sites is 1. The summed E-state index contributed by atoms with van der Waals surface area (Å²) in [5.41, 5.74) is 0.954. The molecule has 0 fully saturated rings. The van der Waals surface area contributed by atoms with Crippen molar-refractivity contribution in [2.75, 3.05) is 20.3 Å². The molecule has 0 saturated carbocycles. The summed E-state index contributed by atoms with van der Waals surface area (Å²) in [6.45, 7) is 3.08. The van der Waals surface area contributed by atoms with Crippen LogP contribution in [0.5, 0.6) is 11.5 Å². The molecular formula is C22H20F3N5O4. The second-order valence-electron chi connectivity index (χ2n) is 7.10. The number of methoxy groups -OCH3 is 1. The highest BCUT2D eigenvalue weighted by Gasteiger charge is 2.32. The van der Waals surface area contributed by atoms with Crippen LogP contribution in [0.3, 0.4) is 0 Å².